The van der Waals surface area contributed by atoms with Crippen molar-refractivity contribution in [1.29, 1.82) is 5.53 Å². The van der Waals surface area contributed by atoms with Gasteiger partial charge in [0.1, 0.15) is 5.75 Å². The average Bonchev–Trinajstić information content (AvgIpc) is 2.16. The normalized spacial score (nSPS) is 9.54. The summed E-state index contributed by atoms with van der Waals surface area (Å²) < 4.78 is 0. The second kappa shape index (κ2) is 4.35. The first kappa shape index (κ1) is 9.38. The summed E-state index contributed by atoms with van der Waals surface area (Å²) in [6.45, 7) is 0. The van der Waals surface area contributed by atoms with Crippen LogP contribution in [0.3, 0.4) is 0 Å². The lowest BCUT2D eigenvalue weighted by molar-refractivity contribution is -0.118. The Kier molecular flexibility index (Phi) is 3.14. The molecule has 0 heterocycles. The number of aromatic hydroxyl groups is 1. The molecule has 1 rings (SSSR count). The molecule has 0 fully saturated rings. The van der Waals surface area contributed by atoms with Crippen LogP contribution in [0.15, 0.2) is 29.4 Å². The summed E-state index contributed by atoms with van der Waals surface area (Å²) in [5.74, 6) is -0.215. The van der Waals surface area contributed by atoms with Gasteiger partial charge in [-0.2, -0.15) is 0 Å². The first-order valence-corrected chi connectivity index (χ1v) is 3.90. The van der Waals surface area contributed by atoms with E-state index >= 15 is 0 Å². The second-order valence-electron chi connectivity index (χ2n) is 2.67. The van der Waals surface area contributed by atoms with Crippen molar-refractivity contribution in [2.75, 3.05) is 0 Å². The highest BCUT2D eigenvalue weighted by Gasteiger charge is 1.99. The molecule has 0 radical (unpaired) electrons. The number of carbonyl (C=O) groups is 1. The number of aryl methyl sites for hydroxylation is 1. The molecule has 0 atom stereocenters. The van der Waals surface area contributed by atoms with Gasteiger partial charge in [0.25, 0.3) is 5.91 Å². The minimum absolute atomic E-state index is 0.209. The van der Waals surface area contributed by atoms with Gasteiger partial charge in [-0.3, -0.25) is 4.79 Å². The highest BCUT2D eigenvalue weighted by atomic mass is 16.3. The van der Waals surface area contributed by atoms with Crippen LogP contribution >= 0.6 is 0 Å². The number of hydrogen-bond acceptors (Lipinski definition) is 3. The van der Waals surface area contributed by atoms with Gasteiger partial charge in [-0.1, -0.05) is 12.1 Å². The lowest BCUT2D eigenvalue weighted by Gasteiger charge is -1.97. The lowest BCUT2D eigenvalue weighted by atomic mass is 10.1. The van der Waals surface area contributed by atoms with Crippen molar-refractivity contribution in [2.45, 2.75) is 12.8 Å². The molecule has 0 saturated heterocycles. The highest BCUT2D eigenvalue weighted by Crippen LogP contribution is 2.11. The Hall–Kier alpha value is -1.71. The number of benzene rings is 1. The molecule has 0 aliphatic heterocycles. The molecule has 68 valence electrons. The third kappa shape index (κ3) is 3.02. The van der Waals surface area contributed by atoms with Gasteiger partial charge in [-0.15, -0.1) is 5.11 Å². The molecule has 4 heteroatoms. The lowest BCUT2D eigenvalue weighted by Crippen LogP contribution is -1.94. The summed E-state index contributed by atoms with van der Waals surface area (Å²) in [7, 11) is 0. The van der Waals surface area contributed by atoms with Gasteiger partial charge in [0.15, 0.2) is 0 Å². The zero-order valence-electron chi connectivity index (χ0n) is 7.03. The maximum atomic E-state index is 10.6. The van der Waals surface area contributed by atoms with E-state index in [1.165, 1.54) is 0 Å². The maximum absolute atomic E-state index is 10.6. The van der Waals surface area contributed by atoms with Gasteiger partial charge >= 0.3 is 0 Å². The van der Waals surface area contributed by atoms with Crippen molar-refractivity contribution in [1.82, 2.24) is 0 Å². The van der Waals surface area contributed by atoms with Crippen LogP contribution in [-0.4, -0.2) is 11.0 Å². The van der Waals surface area contributed by atoms with Crippen LogP contribution in [0.1, 0.15) is 12.0 Å². The number of hydrogen-bond donors (Lipinski definition) is 2. The Balaban J connectivity index is 2.50. The molecule has 1 amide bonds. The van der Waals surface area contributed by atoms with E-state index in [1.54, 1.807) is 24.3 Å². The van der Waals surface area contributed by atoms with E-state index in [9.17, 15) is 4.79 Å². The predicted octanol–water partition coefficient (Wildman–Crippen LogP) is 1.88. The Morgan fingerprint density at radius 2 is 2.00 bits per heavy atom. The van der Waals surface area contributed by atoms with Crippen LogP contribution < -0.4 is 0 Å². The summed E-state index contributed by atoms with van der Waals surface area (Å²) in [6, 6.07) is 6.62. The SMILES string of the molecule is N=NC(=O)CCc1ccc(O)cc1. The number of carbonyl (C=O) groups excluding carboxylic acids is 1. The minimum Gasteiger partial charge on any atom is -0.508 e. The Morgan fingerprint density at radius 1 is 1.38 bits per heavy atom. The van der Waals surface area contributed by atoms with Gasteiger partial charge in [-0.25, -0.2) is 5.53 Å². The summed E-state index contributed by atoms with van der Waals surface area (Å²) in [5, 5.41) is 11.7. The third-order valence-corrected chi connectivity index (χ3v) is 1.69. The van der Waals surface area contributed by atoms with Crippen molar-refractivity contribution in [3.63, 3.8) is 0 Å². The van der Waals surface area contributed by atoms with Crippen LogP contribution in [0.4, 0.5) is 0 Å². The average molecular weight is 178 g/mol. The summed E-state index contributed by atoms with van der Waals surface area (Å²) >= 11 is 0. The standard InChI is InChI=1S/C9H10N2O2/c10-11-9(13)6-3-7-1-4-8(12)5-2-7/h1-2,4-5,10,12H,3,6H2. The van der Waals surface area contributed by atoms with E-state index in [0.29, 0.717) is 6.42 Å². The Morgan fingerprint density at radius 3 is 2.54 bits per heavy atom. The number of phenolic OH excluding ortho intramolecular Hbond substituents is 1. The van der Waals surface area contributed by atoms with E-state index in [0.717, 1.165) is 5.56 Å². The molecule has 0 bridgehead atoms. The monoisotopic (exact) mass is 178 g/mol. The Bertz CT molecular complexity index is 306. The number of nitrogens with zero attached hydrogens (tertiary/aromatic N) is 1. The fourth-order valence-electron chi connectivity index (χ4n) is 0.970. The largest absolute Gasteiger partial charge is 0.508 e. The fourth-order valence-corrected chi connectivity index (χ4v) is 0.970. The zero-order chi connectivity index (χ0) is 9.68. The highest BCUT2D eigenvalue weighted by molar-refractivity contribution is 5.76. The molecule has 0 unspecified atom stereocenters. The molecule has 4 nitrogen and oxygen atoms in total. The van der Waals surface area contributed by atoms with Crippen molar-refractivity contribution >= 4 is 5.91 Å². The molecular formula is C9H10N2O2. The molecule has 0 saturated carbocycles. The first-order chi connectivity index (χ1) is 6.22. The fraction of sp³-hybridized carbons (Fsp3) is 0.222. The van der Waals surface area contributed by atoms with E-state index in [4.69, 9.17) is 10.6 Å². The molecule has 0 aromatic heterocycles. The molecule has 2 N–H and O–H groups in total. The van der Waals surface area contributed by atoms with E-state index in [-0.39, 0.29) is 12.2 Å². The first-order valence-electron chi connectivity index (χ1n) is 3.90. The van der Waals surface area contributed by atoms with Crippen LogP contribution in [0.2, 0.25) is 0 Å². The third-order valence-electron chi connectivity index (χ3n) is 1.69. The van der Waals surface area contributed by atoms with Crippen molar-refractivity contribution in [3.05, 3.63) is 29.8 Å². The molecule has 1 aromatic rings. The van der Waals surface area contributed by atoms with Crippen LogP contribution in [-0.2, 0) is 11.2 Å². The Labute approximate surface area is 75.7 Å². The van der Waals surface area contributed by atoms with Gasteiger partial charge in [0.2, 0.25) is 0 Å². The van der Waals surface area contributed by atoms with Gasteiger partial charge in [0, 0.05) is 6.42 Å². The van der Waals surface area contributed by atoms with Crippen LogP contribution in [0, 0.1) is 5.53 Å². The zero-order valence-corrected chi connectivity index (χ0v) is 7.03. The number of phenols is 1. The van der Waals surface area contributed by atoms with Crippen LogP contribution in [0.25, 0.3) is 0 Å². The van der Waals surface area contributed by atoms with Crippen molar-refractivity contribution < 1.29 is 9.90 Å². The summed E-state index contributed by atoms with van der Waals surface area (Å²) in [5.41, 5.74) is 7.40. The topological polar surface area (TPSA) is 73.5 Å². The summed E-state index contributed by atoms with van der Waals surface area (Å²) in [4.78, 5) is 10.6. The number of amides is 1. The molecule has 0 spiro atoms. The smallest absolute Gasteiger partial charge is 0.264 e. The van der Waals surface area contributed by atoms with Gasteiger partial charge in [-0.05, 0) is 24.1 Å². The molecule has 0 aliphatic rings. The molecular weight excluding hydrogens is 168 g/mol. The number of rotatable bonds is 3. The number of nitrogens with one attached hydrogen (secondary N) is 1. The maximum Gasteiger partial charge on any atom is 0.264 e. The quantitative estimate of drug-likeness (QED) is 0.693. The van der Waals surface area contributed by atoms with E-state index < -0.39 is 5.91 Å². The minimum atomic E-state index is -0.423. The molecule has 13 heavy (non-hydrogen) atoms. The molecule has 1 aromatic carbocycles. The van der Waals surface area contributed by atoms with Crippen LogP contribution in [0.5, 0.6) is 5.75 Å². The van der Waals surface area contributed by atoms with E-state index in [2.05, 4.69) is 5.11 Å². The van der Waals surface area contributed by atoms with Crippen molar-refractivity contribution in [3.8, 4) is 5.75 Å². The predicted molar refractivity (Wildman–Crippen MR) is 46.6 cm³/mol. The van der Waals surface area contributed by atoms with Crippen molar-refractivity contribution in [2.24, 2.45) is 5.11 Å². The molecule has 0 aliphatic carbocycles. The summed E-state index contributed by atoms with van der Waals surface area (Å²) in [6.07, 6.45) is 0.801. The van der Waals surface area contributed by atoms with Gasteiger partial charge in [0.05, 0.1) is 0 Å². The van der Waals surface area contributed by atoms with Gasteiger partial charge < -0.3 is 5.11 Å². The van der Waals surface area contributed by atoms with E-state index in [1.807, 2.05) is 0 Å². The second-order valence-corrected chi connectivity index (χ2v) is 2.67.